The second-order valence-electron chi connectivity index (χ2n) is 5.66. The van der Waals surface area contributed by atoms with E-state index in [0.29, 0.717) is 0 Å². The molecule has 0 saturated heterocycles. The third kappa shape index (κ3) is 15.6. The van der Waals surface area contributed by atoms with Gasteiger partial charge in [0.1, 0.15) is 0 Å². The molecule has 116 valence electrons. The number of carbonyl (C=O) groups is 1. The second-order valence-corrected chi connectivity index (χ2v) is 10.8. The number of unbranched alkanes of at least 4 members (excludes halogenated alkanes) is 3. The summed E-state index contributed by atoms with van der Waals surface area (Å²) in [6.07, 6.45) is 14.2. The fraction of sp³-hybridized carbons (Fsp3) is 0.812. The summed E-state index contributed by atoms with van der Waals surface area (Å²) < 4.78 is 0. The van der Waals surface area contributed by atoms with Gasteiger partial charge in [-0.1, -0.05) is 6.58 Å². The zero-order chi connectivity index (χ0) is 15.1. The summed E-state index contributed by atoms with van der Waals surface area (Å²) in [7, 11) is -0.812. The van der Waals surface area contributed by atoms with E-state index in [2.05, 4.69) is 34.0 Å². The zero-order valence-corrected chi connectivity index (χ0v) is 14.5. The van der Waals surface area contributed by atoms with E-state index in [4.69, 9.17) is 5.11 Å². The molecule has 0 rings (SSSR count). The van der Waals surface area contributed by atoms with Gasteiger partial charge in [0.25, 0.3) is 0 Å². The van der Waals surface area contributed by atoms with E-state index < -0.39 is 13.2 Å². The second kappa shape index (κ2) is 14.1. The van der Waals surface area contributed by atoms with Crippen molar-refractivity contribution < 1.29 is 9.90 Å². The SMILES string of the molecule is C=CC(=O)O.CCCC[PH](C)(CCCC)CCCC. The van der Waals surface area contributed by atoms with Crippen molar-refractivity contribution in [2.75, 3.05) is 25.2 Å². The summed E-state index contributed by atoms with van der Waals surface area (Å²) >= 11 is 0. The van der Waals surface area contributed by atoms with Crippen molar-refractivity contribution in [1.29, 1.82) is 0 Å². The molecular weight excluding hydrogens is 255 g/mol. The molecule has 3 heteroatoms. The van der Waals surface area contributed by atoms with Crippen molar-refractivity contribution >= 4 is 13.2 Å². The predicted molar refractivity (Wildman–Crippen MR) is 91.4 cm³/mol. The number of hydrogen-bond acceptors (Lipinski definition) is 1. The van der Waals surface area contributed by atoms with Crippen molar-refractivity contribution in [1.82, 2.24) is 0 Å². The molecule has 0 amide bonds. The van der Waals surface area contributed by atoms with Gasteiger partial charge in [-0.05, 0) is 0 Å². The number of carboxylic acids is 1. The first-order valence-electron chi connectivity index (χ1n) is 7.81. The van der Waals surface area contributed by atoms with Crippen molar-refractivity contribution in [3.63, 3.8) is 0 Å². The van der Waals surface area contributed by atoms with Crippen LogP contribution in [0.1, 0.15) is 59.3 Å². The third-order valence-corrected chi connectivity index (χ3v) is 8.26. The molecule has 0 aliphatic carbocycles. The van der Waals surface area contributed by atoms with Gasteiger partial charge in [0, 0.05) is 6.08 Å². The van der Waals surface area contributed by atoms with Gasteiger partial charge in [0.05, 0.1) is 0 Å². The van der Waals surface area contributed by atoms with Crippen LogP contribution in [0, 0.1) is 0 Å². The minimum atomic E-state index is -0.981. The first-order chi connectivity index (χ1) is 8.95. The van der Waals surface area contributed by atoms with Crippen LogP contribution in [0.3, 0.4) is 0 Å². The summed E-state index contributed by atoms with van der Waals surface area (Å²) in [4.78, 5) is 9.25. The molecule has 0 saturated carbocycles. The normalized spacial score (nSPS) is 11.4. The van der Waals surface area contributed by atoms with Crippen LogP contribution in [0.2, 0.25) is 0 Å². The Hall–Kier alpha value is -0.360. The molecular formula is C16H35O2P. The summed E-state index contributed by atoms with van der Waals surface area (Å²) in [5, 5.41) is 7.60. The average Bonchev–Trinajstić information content (AvgIpc) is 2.41. The fourth-order valence-corrected chi connectivity index (χ4v) is 6.56. The summed E-state index contributed by atoms with van der Waals surface area (Å²) in [6, 6.07) is 0. The van der Waals surface area contributed by atoms with Crippen LogP contribution >= 0.6 is 7.26 Å². The van der Waals surface area contributed by atoms with Crippen molar-refractivity contribution in [3.05, 3.63) is 12.7 Å². The van der Waals surface area contributed by atoms with Gasteiger partial charge in [0.15, 0.2) is 0 Å². The maximum absolute atomic E-state index is 9.25. The van der Waals surface area contributed by atoms with Crippen LogP contribution < -0.4 is 0 Å². The Morgan fingerprint density at radius 1 is 1.00 bits per heavy atom. The van der Waals surface area contributed by atoms with E-state index in [9.17, 15) is 4.79 Å². The molecule has 0 atom stereocenters. The standard InChI is InChI=1S/C13H31P.C3H4O2/c1-5-8-11-14(4,12-9-6-2)13-10-7-3;1-2-3(4)5/h14H,5-13H2,1-4H3;2H,1H2,(H,4,5). The first-order valence-corrected chi connectivity index (χ1v) is 10.9. The molecule has 0 aliphatic rings. The van der Waals surface area contributed by atoms with Crippen molar-refractivity contribution in [2.24, 2.45) is 0 Å². The van der Waals surface area contributed by atoms with Gasteiger partial charge in [-0.25, -0.2) is 4.79 Å². The number of hydrogen-bond donors (Lipinski definition) is 1. The Morgan fingerprint density at radius 2 is 1.26 bits per heavy atom. The third-order valence-electron chi connectivity index (χ3n) is 3.58. The Morgan fingerprint density at radius 3 is 1.42 bits per heavy atom. The van der Waals surface area contributed by atoms with Crippen LogP contribution in [0.5, 0.6) is 0 Å². The minimum absolute atomic E-state index is 0.812. The molecule has 0 aromatic carbocycles. The van der Waals surface area contributed by atoms with Gasteiger partial charge in [-0.2, -0.15) is 0 Å². The number of rotatable bonds is 10. The molecule has 0 spiro atoms. The molecule has 1 N–H and O–H groups in total. The van der Waals surface area contributed by atoms with Crippen LogP contribution in [0.25, 0.3) is 0 Å². The van der Waals surface area contributed by atoms with Gasteiger partial charge < -0.3 is 5.11 Å². The first kappa shape index (κ1) is 20.9. The predicted octanol–water partition coefficient (Wildman–Crippen LogP) is 5.02. The fourth-order valence-electron chi connectivity index (χ4n) is 2.19. The van der Waals surface area contributed by atoms with E-state index >= 15 is 0 Å². The van der Waals surface area contributed by atoms with E-state index in [1.807, 2.05) is 0 Å². The van der Waals surface area contributed by atoms with Crippen LogP contribution in [0.4, 0.5) is 0 Å². The van der Waals surface area contributed by atoms with Crippen LogP contribution in [-0.4, -0.2) is 36.2 Å². The molecule has 0 aliphatic heterocycles. The molecule has 0 heterocycles. The van der Waals surface area contributed by atoms with Crippen molar-refractivity contribution in [2.45, 2.75) is 59.3 Å². The molecule has 0 aromatic rings. The zero-order valence-electron chi connectivity index (χ0n) is 13.5. The van der Waals surface area contributed by atoms with Gasteiger partial charge >= 0.3 is 97.7 Å². The van der Waals surface area contributed by atoms with Crippen LogP contribution in [-0.2, 0) is 4.79 Å². The van der Waals surface area contributed by atoms with Gasteiger partial charge in [0.2, 0.25) is 0 Å². The Labute approximate surface area is 121 Å². The maximum atomic E-state index is 9.25. The topological polar surface area (TPSA) is 37.3 Å². The summed E-state index contributed by atoms with van der Waals surface area (Å²) in [6.45, 7) is 12.6. The molecule has 19 heavy (non-hydrogen) atoms. The Bertz CT molecular complexity index is 205. The number of carboxylic acid groups (broad SMARTS) is 1. The number of aliphatic carboxylic acids is 1. The summed E-state index contributed by atoms with van der Waals surface area (Å²) in [5.41, 5.74) is 0. The van der Waals surface area contributed by atoms with E-state index in [0.717, 1.165) is 6.08 Å². The monoisotopic (exact) mass is 290 g/mol. The van der Waals surface area contributed by atoms with Gasteiger partial charge in [-0.15, -0.1) is 0 Å². The van der Waals surface area contributed by atoms with Gasteiger partial charge in [-0.3, -0.25) is 0 Å². The molecule has 0 aromatic heterocycles. The van der Waals surface area contributed by atoms with Crippen LogP contribution in [0.15, 0.2) is 12.7 Å². The van der Waals surface area contributed by atoms with E-state index in [1.54, 1.807) is 18.5 Å². The average molecular weight is 290 g/mol. The molecule has 2 nitrogen and oxygen atoms in total. The molecule has 0 bridgehead atoms. The Balaban J connectivity index is 0. The Kier molecular flexibility index (Phi) is 15.5. The van der Waals surface area contributed by atoms with E-state index in [1.165, 1.54) is 38.5 Å². The molecule has 0 unspecified atom stereocenters. The summed E-state index contributed by atoms with van der Waals surface area (Å²) in [5.74, 6) is -0.981. The molecule has 0 fully saturated rings. The van der Waals surface area contributed by atoms with Crippen molar-refractivity contribution in [3.8, 4) is 0 Å². The quantitative estimate of drug-likeness (QED) is 0.453. The van der Waals surface area contributed by atoms with E-state index in [-0.39, 0.29) is 0 Å². The molecule has 0 radical (unpaired) electrons.